The molecule has 9 nitrogen and oxygen atoms in total. The summed E-state index contributed by atoms with van der Waals surface area (Å²) < 4.78 is 27.3. The van der Waals surface area contributed by atoms with E-state index in [1.165, 1.54) is 36.4 Å². The molecule has 0 saturated carbocycles. The summed E-state index contributed by atoms with van der Waals surface area (Å²) in [5.74, 6) is -0.894. The van der Waals surface area contributed by atoms with Gasteiger partial charge in [0.05, 0.1) is 9.82 Å². The molecule has 2 aromatic carbocycles. The highest BCUT2D eigenvalue weighted by Crippen LogP contribution is 2.16. The van der Waals surface area contributed by atoms with Crippen LogP contribution < -0.4 is 4.72 Å². The second-order valence-corrected chi connectivity index (χ2v) is 8.70. The third-order valence-electron chi connectivity index (χ3n) is 4.70. The summed E-state index contributed by atoms with van der Waals surface area (Å²) in [7, 11) is -4.10. The molecule has 0 aliphatic carbocycles. The van der Waals surface area contributed by atoms with E-state index in [0.29, 0.717) is 18.7 Å². The summed E-state index contributed by atoms with van der Waals surface area (Å²) in [5, 5.41) is 17.0. The van der Waals surface area contributed by atoms with Crippen molar-refractivity contribution in [1.82, 2.24) is 9.73 Å². The highest BCUT2D eigenvalue weighted by molar-refractivity contribution is 7.90. The van der Waals surface area contributed by atoms with E-state index in [1.807, 2.05) is 6.92 Å². The van der Waals surface area contributed by atoms with E-state index in [4.69, 9.17) is 0 Å². The Bertz CT molecular complexity index is 1060. The quantitative estimate of drug-likeness (QED) is 0.427. The molecule has 158 valence electrons. The van der Waals surface area contributed by atoms with Crippen LogP contribution in [0.5, 0.6) is 0 Å². The molecule has 0 atom stereocenters. The maximum absolute atomic E-state index is 12.9. The van der Waals surface area contributed by atoms with Gasteiger partial charge >= 0.3 is 0 Å². The van der Waals surface area contributed by atoms with E-state index in [9.17, 15) is 23.3 Å². The van der Waals surface area contributed by atoms with Crippen molar-refractivity contribution in [3.63, 3.8) is 0 Å². The van der Waals surface area contributed by atoms with E-state index in [-0.39, 0.29) is 16.3 Å². The first-order chi connectivity index (χ1) is 14.3. The molecule has 0 aromatic heterocycles. The molecule has 0 radical (unpaired) electrons. The number of carbonyl (C=O) groups is 1. The van der Waals surface area contributed by atoms with Gasteiger partial charge in [-0.3, -0.25) is 19.9 Å². The molecule has 10 heteroatoms. The third-order valence-corrected chi connectivity index (χ3v) is 6.05. The van der Waals surface area contributed by atoms with Crippen LogP contribution in [0.1, 0.15) is 30.4 Å². The van der Waals surface area contributed by atoms with E-state index >= 15 is 0 Å². The lowest BCUT2D eigenvalue weighted by molar-refractivity contribution is -0.384. The van der Waals surface area contributed by atoms with Crippen LogP contribution in [0.25, 0.3) is 0 Å². The number of hydrogen-bond acceptors (Lipinski definition) is 7. The van der Waals surface area contributed by atoms with Crippen LogP contribution in [-0.4, -0.2) is 43.1 Å². The summed E-state index contributed by atoms with van der Waals surface area (Å²) in [5.41, 5.74) is 0.938. The standard InChI is InChI=1S/C20H22N4O5S/c1-15-5-11-18(12-6-15)30(28,29)22-20(25)19(21-23-13-3-2-4-14-23)16-7-9-17(10-8-16)24(26)27/h5-12H,2-4,13-14H2,1H3,(H,22,25)/b21-19-. The van der Waals surface area contributed by atoms with Gasteiger partial charge in [-0.2, -0.15) is 5.10 Å². The fraction of sp³-hybridized carbons (Fsp3) is 0.300. The Kier molecular flexibility index (Phi) is 6.46. The van der Waals surface area contributed by atoms with Gasteiger partial charge in [-0.15, -0.1) is 0 Å². The monoisotopic (exact) mass is 430 g/mol. The fourth-order valence-corrected chi connectivity index (χ4v) is 3.99. The maximum atomic E-state index is 12.9. The van der Waals surface area contributed by atoms with Gasteiger partial charge in [0.15, 0.2) is 5.71 Å². The van der Waals surface area contributed by atoms with Crippen molar-refractivity contribution >= 4 is 27.3 Å². The number of nitrogens with zero attached hydrogens (tertiary/aromatic N) is 3. The van der Waals surface area contributed by atoms with Gasteiger partial charge in [0.1, 0.15) is 0 Å². The Labute approximate surface area is 174 Å². The lowest BCUT2D eigenvalue weighted by Gasteiger charge is -2.24. The minimum atomic E-state index is -4.10. The van der Waals surface area contributed by atoms with Gasteiger partial charge < -0.3 is 0 Å². The molecule has 0 unspecified atom stereocenters. The number of amides is 1. The van der Waals surface area contributed by atoms with Crippen molar-refractivity contribution < 1.29 is 18.1 Å². The van der Waals surface area contributed by atoms with Crippen LogP contribution in [0.15, 0.2) is 58.5 Å². The lowest BCUT2D eigenvalue weighted by Crippen LogP contribution is -2.38. The summed E-state index contributed by atoms with van der Waals surface area (Å²) >= 11 is 0. The van der Waals surface area contributed by atoms with Crippen LogP contribution >= 0.6 is 0 Å². The minimum absolute atomic E-state index is 0.0394. The molecule has 1 N–H and O–H groups in total. The zero-order valence-electron chi connectivity index (χ0n) is 16.4. The number of hydrazone groups is 1. The molecule has 2 aromatic rings. The average molecular weight is 430 g/mol. The number of rotatable bonds is 6. The number of aryl methyl sites for hydroxylation is 1. The fourth-order valence-electron chi connectivity index (χ4n) is 3.04. The number of carbonyl (C=O) groups excluding carboxylic acids is 1. The maximum Gasteiger partial charge on any atom is 0.286 e. The molecule has 3 rings (SSSR count). The Morgan fingerprint density at radius 1 is 1.03 bits per heavy atom. The van der Waals surface area contributed by atoms with Crippen molar-refractivity contribution in [1.29, 1.82) is 0 Å². The minimum Gasteiger partial charge on any atom is -0.296 e. The molecule has 1 aliphatic heterocycles. The van der Waals surface area contributed by atoms with Crippen molar-refractivity contribution in [3.05, 3.63) is 69.8 Å². The molecule has 1 fully saturated rings. The molecule has 0 bridgehead atoms. The first-order valence-corrected chi connectivity index (χ1v) is 11.0. The number of benzene rings is 2. The number of nitrogens with one attached hydrogen (secondary N) is 1. The normalized spacial score (nSPS) is 15.0. The predicted molar refractivity (Wildman–Crippen MR) is 112 cm³/mol. The smallest absolute Gasteiger partial charge is 0.286 e. The molecule has 1 heterocycles. The summed E-state index contributed by atoms with van der Waals surface area (Å²) in [6, 6.07) is 11.4. The summed E-state index contributed by atoms with van der Waals surface area (Å²) in [6.07, 6.45) is 2.90. The summed E-state index contributed by atoms with van der Waals surface area (Å²) in [6.45, 7) is 3.12. The number of piperidine rings is 1. The Balaban J connectivity index is 1.92. The van der Waals surface area contributed by atoms with Crippen molar-refractivity contribution in [2.24, 2.45) is 5.10 Å². The number of non-ortho nitro benzene ring substituents is 1. The van der Waals surface area contributed by atoms with Crippen LogP contribution in [0.2, 0.25) is 0 Å². The molecular formula is C20H22N4O5S. The van der Waals surface area contributed by atoms with Gasteiger partial charge in [0, 0.05) is 30.8 Å². The number of nitro groups is 1. The molecule has 1 amide bonds. The molecule has 30 heavy (non-hydrogen) atoms. The molecule has 1 saturated heterocycles. The van der Waals surface area contributed by atoms with Gasteiger partial charge in [-0.25, -0.2) is 13.1 Å². The van der Waals surface area contributed by atoms with E-state index in [1.54, 1.807) is 17.1 Å². The topological polar surface area (TPSA) is 122 Å². The Morgan fingerprint density at radius 3 is 2.20 bits per heavy atom. The zero-order valence-corrected chi connectivity index (χ0v) is 17.3. The first kappa shape index (κ1) is 21.4. The van der Waals surface area contributed by atoms with Crippen molar-refractivity contribution in [2.45, 2.75) is 31.1 Å². The van der Waals surface area contributed by atoms with E-state index < -0.39 is 20.9 Å². The van der Waals surface area contributed by atoms with Crippen LogP contribution in [0.3, 0.4) is 0 Å². The SMILES string of the molecule is Cc1ccc(S(=O)(=O)NC(=O)/C(=N\N2CCCCC2)c2ccc([N+](=O)[O-])cc2)cc1. The number of sulfonamides is 1. The molecule has 0 spiro atoms. The van der Waals surface area contributed by atoms with Crippen molar-refractivity contribution in [2.75, 3.05) is 13.1 Å². The predicted octanol–water partition coefficient (Wildman–Crippen LogP) is 2.60. The Morgan fingerprint density at radius 2 is 1.63 bits per heavy atom. The van der Waals surface area contributed by atoms with Gasteiger partial charge in [-0.1, -0.05) is 17.7 Å². The highest BCUT2D eigenvalue weighted by Gasteiger charge is 2.24. The van der Waals surface area contributed by atoms with E-state index in [2.05, 4.69) is 9.82 Å². The molecular weight excluding hydrogens is 408 g/mol. The highest BCUT2D eigenvalue weighted by atomic mass is 32.2. The van der Waals surface area contributed by atoms with Crippen LogP contribution in [-0.2, 0) is 14.8 Å². The Hall–Kier alpha value is -3.27. The lowest BCUT2D eigenvalue weighted by atomic mass is 10.1. The number of nitro benzene ring substituents is 1. The molecule has 1 aliphatic rings. The summed E-state index contributed by atoms with van der Waals surface area (Å²) in [4.78, 5) is 23.2. The third kappa shape index (κ3) is 5.20. The van der Waals surface area contributed by atoms with Crippen molar-refractivity contribution in [3.8, 4) is 0 Å². The zero-order chi connectivity index (χ0) is 21.7. The van der Waals surface area contributed by atoms with Gasteiger partial charge in [0.25, 0.3) is 21.6 Å². The van der Waals surface area contributed by atoms with Crippen LogP contribution in [0.4, 0.5) is 5.69 Å². The first-order valence-electron chi connectivity index (χ1n) is 9.48. The largest absolute Gasteiger partial charge is 0.296 e. The van der Waals surface area contributed by atoms with Gasteiger partial charge in [0.2, 0.25) is 0 Å². The second kappa shape index (κ2) is 9.04. The average Bonchev–Trinajstić information content (AvgIpc) is 2.73. The second-order valence-electron chi connectivity index (χ2n) is 7.01. The van der Waals surface area contributed by atoms with Crippen LogP contribution in [0, 0.1) is 17.0 Å². The van der Waals surface area contributed by atoms with E-state index in [0.717, 1.165) is 24.8 Å². The van der Waals surface area contributed by atoms with Gasteiger partial charge in [-0.05, 0) is 50.5 Å². The number of hydrogen-bond donors (Lipinski definition) is 1.